The predicted molar refractivity (Wildman–Crippen MR) is 97.1 cm³/mol. The van der Waals surface area contributed by atoms with E-state index in [0.29, 0.717) is 23.6 Å². The number of benzene rings is 3. The number of ether oxygens (including phenoxy) is 2. The van der Waals surface area contributed by atoms with Crippen molar-refractivity contribution in [1.82, 2.24) is 5.32 Å². The monoisotopic (exact) mass is 351 g/mol. The zero-order valence-corrected chi connectivity index (χ0v) is 14.2. The molecule has 5 heteroatoms. The molecule has 0 aliphatic heterocycles. The normalized spacial score (nSPS) is 10.2. The van der Waals surface area contributed by atoms with Crippen LogP contribution in [0.1, 0.15) is 15.9 Å². The Hall–Kier alpha value is -3.34. The van der Waals surface area contributed by atoms with Crippen LogP contribution in [-0.4, -0.2) is 13.0 Å². The highest BCUT2D eigenvalue weighted by Gasteiger charge is 2.08. The second-order valence-electron chi connectivity index (χ2n) is 5.57. The standard InChI is InChI=1S/C21H18FNO3/c1-25-20-5-3-2-4-16(20)14-23-21(24)15-6-10-18(11-7-15)26-19-12-8-17(22)9-13-19/h2-13H,14H2,1H3,(H,23,24). The highest BCUT2D eigenvalue weighted by atomic mass is 19.1. The molecule has 0 aromatic heterocycles. The highest BCUT2D eigenvalue weighted by Crippen LogP contribution is 2.22. The molecule has 0 spiro atoms. The molecule has 0 aliphatic carbocycles. The smallest absolute Gasteiger partial charge is 0.251 e. The number of hydrogen-bond acceptors (Lipinski definition) is 3. The lowest BCUT2D eigenvalue weighted by Gasteiger charge is -2.10. The summed E-state index contributed by atoms with van der Waals surface area (Å²) in [4.78, 5) is 12.3. The minimum Gasteiger partial charge on any atom is -0.496 e. The summed E-state index contributed by atoms with van der Waals surface area (Å²) in [7, 11) is 1.60. The highest BCUT2D eigenvalue weighted by molar-refractivity contribution is 5.94. The summed E-state index contributed by atoms with van der Waals surface area (Å²) in [6, 6.07) is 20.0. The van der Waals surface area contributed by atoms with Gasteiger partial charge in [0.2, 0.25) is 0 Å². The Kier molecular flexibility index (Phi) is 5.49. The fraction of sp³-hybridized carbons (Fsp3) is 0.0952. The SMILES string of the molecule is COc1ccccc1CNC(=O)c1ccc(Oc2ccc(F)cc2)cc1. The van der Waals surface area contributed by atoms with Crippen LogP contribution in [0, 0.1) is 5.82 Å². The first-order valence-electron chi connectivity index (χ1n) is 8.09. The van der Waals surface area contributed by atoms with Gasteiger partial charge < -0.3 is 14.8 Å². The molecule has 3 aromatic rings. The van der Waals surface area contributed by atoms with E-state index in [-0.39, 0.29) is 11.7 Å². The van der Waals surface area contributed by atoms with Gasteiger partial charge in [-0.25, -0.2) is 4.39 Å². The van der Waals surface area contributed by atoms with Gasteiger partial charge >= 0.3 is 0 Å². The van der Waals surface area contributed by atoms with Crippen molar-refractivity contribution in [2.45, 2.75) is 6.54 Å². The molecule has 0 heterocycles. The summed E-state index contributed by atoms with van der Waals surface area (Å²) in [6.45, 7) is 0.372. The van der Waals surface area contributed by atoms with Crippen LogP contribution in [0.3, 0.4) is 0 Å². The maximum Gasteiger partial charge on any atom is 0.251 e. The van der Waals surface area contributed by atoms with E-state index >= 15 is 0 Å². The molecule has 0 unspecified atom stereocenters. The van der Waals surface area contributed by atoms with E-state index in [4.69, 9.17) is 9.47 Å². The summed E-state index contributed by atoms with van der Waals surface area (Å²) in [6.07, 6.45) is 0. The molecular formula is C21H18FNO3. The molecule has 132 valence electrons. The lowest BCUT2D eigenvalue weighted by molar-refractivity contribution is 0.0950. The van der Waals surface area contributed by atoms with Gasteiger partial charge in [-0.2, -0.15) is 0 Å². The van der Waals surface area contributed by atoms with Gasteiger partial charge in [-0.3, -0.25) is 4.79 Å². The second kappa shape index (κ2) is 8.16. The molecule has 0 radical (unpaired) electrons. The van der Waals surface area contributed by atoms with E-state index in [0.717, 1.165) is 11.3 Å². The molecule has 0 aliphatic rings. The van der Waals surface area contributed by atoms with Crippen molar-refractivity contribution in [3.05, 3.63) is 89.7 Å². The fourth-order valence-electron chi connectivity index (χ4n) is 2.44. The third-order valence-corrected chi connectivity index (χ3v) is 3.80. The van der Waals surface area contributed by atoms with Gasteiger partial charge in [-0.15, -0.1) is 0 Å². The topological polar surface area (TPSA) is 47.6 Å². The Balaban J connectivity index is 1.60. The van der Waals surface area contributed by atoms with Gasteiger partial charge in [-0.1, -0.05) is 18.2 Å². The third kappa shape index (κ3) is 4.39. The van der Waals surface area contributed by atoms with Crippen LogP contribution in [0.2, 0.25) is 0 Å². The van der Waals surface area contributed by atoms with Crippen LogP contribution in [-0.2, 0) is 6.54 Å². The number of rotatable bonds is 6. The largest absolute Gasteiger partial charge is 0.496 e. The Morgan fingerprint density at radius 3 is 2.19 bits per heavy atom. The van der Waals surface area contributed by atoms with Crippen molar-refractivity contribution in [3.8, 4) is 17.2 Å². The summed E-state index contributed by atoms with van der Waals surface area (Å²) >= 11 is 0. The third-order valence-electron chi connectivity index (χ3n) is 3.80. The van der Waals surface area contributed by atoms with Crippen LogP contribution < -0.4 is 14.8 Å². The van der Waals surface area contributed by atoms with Gasteiger partial charge in [0.1, 0.15) is 23.1 Å². The Bertz CT molecular complexity index is 877. The second-order valence-corrected chi connectivity index (χ2v) is 5.57. The van der Waals surface area contributed by atoms with Gasteiger partial charge in [0, 0.05) is 17.7 Å². The zero-order chi connectivity index (χ0) is 18.4. The molecule has 1 amide bonds. The summed E-state index contributed by atoms with van der Waals surface area (Å²) in [5.74, 6) is 1.32. The van der Waals surface area contributed by atoms with Crippen LogP contribution >= 0.6 is 0 Å². The first kappa shape index (κ1) is 17.5. The van der Waals surface area contributed by atoms with Crippen molar-refractivity contribution >= 4 is 5.91 Å². The van der Waals surface area contributed by atoms with Crippen molar-refractivity contribution in [2.24, 2.45) is 0 Å². The van der Waals surface area contributed by atoms with E-state index in [1.165, 1.54) is 12.1 Å². The molecule has 3 rings (SSSR count). The maximum atomic E-state index is 12.9. The number of carbonyl (C=O) groups excluding carboxylic acids is 1. The molecule has 3 aromatic carbocycles. The predicted octanol–water partition coefficient (Wildman–Crippen LogP) is 4.56. The minimum atomic E-state index is -0.320. The molecule has 1 N–H and O–H groups in total. The Morgan fingerprint density at radius 1 is 0.923 bits per heavy atom. The van der Waals surface area contributed by atoms with Crippen LogP contribution in [0.15, 0.2) is 72.8 Å². The Labute approximate surface area is 151 Å². The number of hydrogen-bond donors (Lipinski definition) is 1. The average Bonchev–Trinajstić information content (AvgIpc) is 2.68. The molecular weight excluding hydrogens is 333 g/mol. The Morgan fingerprint density at radius 2 is 1.54 bits per heavy atom. The zero-order valence-electron chi connectivity index (χ0n) is 14.2. The van der Waals surface area contributed by atoms with Crippen molar-refractivity contribution in [3.63, 3.8) is 0 Å². The number of carbonyl (C=O) groups is 1. The van der Waals surface area contributed by atoms with E-state index in [2.05, 4.69) is 5.32 Å². The van der Waals surface area contributed by atoms with E-state index in [9.17, 15) is 9.18 Å². The van der Waals surface area contributed by atoms with Gasteiger partial charge in [0.15, 0.2) is 0 Å². The molecule has 4 nitrogen and oxygen atoms in total. The summed E-state index contributed by atoms with van der Waals surface area (Å²) in [5, 5.41) is 2.86. The molecule has 0 atom stereocenters. The molecule has 26 heavy (non-hydrogen) atoms. The molecule has 0 fully saturated rings. The van der Waals surface area contributed by atoms with E-state index in [1.807, 2.05) is 24.3 Å². The maximum absolute atomic E-state index is 12.9. The molecule has 0 saturated heterocycles. The molecule has 0 bridgehead atoms. The van der Waals surface area contributed by atoms with Crippen LogP contribution in [0.5, 0.6) is 17.2 Å². The average molecular weight is 351 g/mol. The van der Waals surface area contributed by atoms with Crippen LogP contribution in [0.4, 0.5) is 4.39 Å². The summed E-state index contributed by atoms with van der Waals surface area (Å²) < 4.78 is 23.8. The first-order valence-corrected chi connectivity index (χ1v) is 8.09. The quantitative estimate of drug-likeness (QED) is 0.708. The fourth-order valence-corrected chi connectivity index (χ4v) is 2.44. The summed E-state index contributed by atoms with van der Waals surface area (Å²) in [5.41, 5.74) is 1.42. The number of para-hydroxylation sites is 1. The van der Waals surface area contributed by atoms with Gasteiger partial charge in [0.05, 0.1) is 7.11 Å². The van der Waals surface area contributed by atoms with Crippen molar-refractivity contribution in [2.75, 3.05) is 7.11 Å². The number of amides is 1. The van der Waals surface area contributed by atoms with Crippen molar-refractivity contribution in [1.29, 1.82) is 0 Å². The lowest BCUT2D eigenvalue weighted by Crippen LogP contribution is -2.22. The number of nitrogens with one attached hydrogen (secondary N) is 1. The first-order chi connectivity index (χ1) is 12.7. The van der Waals surface area contributed by atoms with Crippen LogP contribution in [0.25, 0.3) is 0 Å². The number of halogens is 1. The van der Waals surface area contributed by atoms with E-state index in [1.54, 1.807) is 43.5 Å². The minimum absolute atomic E-state index is 0.191. The van der Waals surface area contributed by atoms with Crippen molar-refractivity contribution < 1.29 is 18.7 Å². The number of methoxy groups -OCH3 is 1. The molecule has 0 saturated carbocycles. The van der Waals surface area contributed by atoms with Gasteiger partial charge in [0.25, 0.3) is 5.91 Å². The lowest BCUT2D eigenvalue weighted by atomic mass is 10.1. The van der Waals surface area contributed by atoms with Gasteiger partial charge in [-0.05, 0) is 54.6 Å². The van der Waals surface area contributed by atoms with E-state index < -0.39 is 0 Å².